The molecule has 1 aromatic carbocycles. The third-order valence-corrected chi connectivity index (χ3v) is 6.73. The number of nitro groups is 1. The largest absolute Gasteiger partial charge is 0.481 e. The number of carbonyl (C=O) groups is 3. The van der Waals surface area contributed by atoms with Crippen LogP contribution in [0.2, 0.25) is 0 Å². The highest BCUT2D eigenvalue weighted by atomic mass is 32.2. The lowest BCUT2D eigenvalue weighted by molar-refractivity contribution is -0.385. The van der Waals surface area contributed by atoms with E-state index in [0.29, 0.717) is 17.7 Å². The quantitative estimate of drug-likeness (QED) is 0.0817. The second-order valence-corrected chi connectivity index (χ2v) is 11.1. The summed E-state index contributed by atoms with van der Waals surface area (Å²) in [6, 6.07) is 3.09. The summed E-state index contributed by atoms with van der Waals surface area (Å²) in [5.74, 6) is -4.94. The maximum Gasteiger partial charge on any atom is 0.373 e. The summed E-state index contributed by atoms with van der Waals surface area (Å²) in [7, 11) is -4.21. The zero-order valence-electron chi connectivity index (χ0n) is 23.1. The second-order valence-electron chi connectivity index (χ2n) is 9.23. The fourth-order valence-electron chi connectivity index (χ4n) is 3.94. The van der Waals surface area contributed by atoms with Gasteiger partial charge in [0.2, 0.25) is 15.7 Å². The molecule has 18 heteroatoms. The van der Waals surface area contributed by atoms with Gasteiger partial charge in [-0.05, 0) is 49.2 Å². The second kappa shape index (κ2) is 14.4. The van der Waals surface area contributed by atoms with Crippen LogP contribution in [0.3, 0.4) is 0 Å². The highest BCUT2D eigenvalue weighted by molar-refractivity contribution is 7.90. The lowest BCUT2D eigenvalue weighted by Crippen LogP contribution is -2.34. The standard InChI is InChI=1S/C25H30N6O11S/c1-3-41-19(34)8-5-14-11-15(21-26-9-4-10-27-21)13-16(12-14)42-23-20(31(37)38)22(29-25(30-23)43(2,39)40)28-17(24(35)36)6-7-18(32)33/h4,9,11-13,17,21,26-27H,3,5-8,10H2,1-2H3,(H,32,33)(H,35,36)(H,28,29,30). The minimum atomic E-state index is -4.21. The fraction of sp³-hybridized carbons (Fsp3) is 0.400. The minimum absolute atomic E-state index is 0.0117. The van der Waals surface area contributed by atoms with Crippen molar-refractivity contribution in [3.63, 3.8) is 0 Å². The molecule has 2 atom stereocenters. The van der Waals surface area contributed by atoms with Crippen molar-refractivity contribution < 1.29 is 47.4 Å². The number of sulfone groups is 1. The first-order valence-corrected chi connectivity index (χ1v) is 14.8. The molecule has 17 nitrogen and oxygen atoms in total. The van der Waals surface area contributed by atoms with E-state index >= 15 is 0 Å². The number of anilines is 1. The van der Waals surface area contributed by atoms with Gasteiger partial charge < -0.3 is 30.3 Å². The molecule has 0 spiro atoms. The third-order valence-electron chi connectivity index (χ3n) is 5.88. The van der Waals surface area contributed by atoms with E-state index in [1.165, 1.54) is 12.1 Å². The fourth-order valence-corrected chi connectivity index (χ4v) is 4.44. The summed E-state index contributed by atoms with van der Waals surface area (Å²) in [6.07, 6.45) is 3.01. The molecule has 0 amide bonds. The van der Waals surface area contributed by atoms with Crippen LogP contribution < -0.4 is 20.7 Å². The lowest BCUT2D eigenvalue weighted by Gasteiger charge is -2.23. The Hall–Kier alpha value is -4.84. The zero-order chi connectivity index (χ0) is 31.7. The van der Waals surface area contributed by atoms with E-state index < -0.39 is 80.3 Å². The molecule has 1 aromatic heterocycles. The molecule has 3 rings (SSSR count). The first-order chi connectivity index (χ1) is 20.3. The van der Waals surface area contributed by atoms with Crippen molar-refractivity contribution >= 4 is 39.3 Å². The van der Waals surface area contributed by atoms with Crippen molar-refractivity contribution in [3.8, 4) is 11.6 Å². The van der Waals surface area contributed by atoms with Crippen molar-refractivity contribution in [1.82, 2.24) is 20.6 Å². The summed E-state index contributed by atoms with van der Waals surface area (Å²) in [5.41, 5.74) is 0.208. The number of rotatable bonds is 15. The predicted molar refractivity (Wildman–Crippen MR) is 148 cm³/mol. The molecule has 5 N–H and O–H groups in total. The molecule has 0 aliphatic carbocycles. The van der Waals surface area contributed by atoms with Crippen LogP contribution in [0.1, 0.15) is 43.5 Å². The molecule has 1 aliphatic rings. The Morgan fingerprint density at radius 3 is 2.53 bits per heavy atom. The van der Waals surface area contributed by atoms with Gasteiger partial charge in [-0.15, -0.1) is 0 Å². The van der Waals surface area contributed by atoms with Crippen molar-refractivity contribution in [3.05, 3.63) is 51.7 Å². The first-order valence-electron chi connectivity index (χ1n) is 12.9. The van der Waals surface area contributed by atoms with Crippen molar-refractivity contribution in [1.29, 1.82) is 0 Å². The molecule has 0 radical (unpaired) electrons. The summed E-state index contributed by atoms with van der Waals surface area (Å²) in [6.45, 7) is 2.40. The molecular formula is C25H30N6O11S. The Bertz CT molecular complexity index is 1530. The first kappa shape index (κ1) is 32.7. The van der Waals surface area contributed by atoms with E-state index in [4.69, 9.17) is 14.6 Å². The predicted octanol–water partition coefficient (Wildman–Crippen LogP) is 1.51. The van der Waals surface area contributed by atoms with E-state index in [9.17, 15) is 38.0 Å². The highest BCUT2D eigenvalue weighted by Crippen LogP contribution is 2.37. The van der Waals surface area contributed by atoms with Gasteiger partial charge in [-0.2, -0.15) is 9.97 Å². The lowest BCUT2D eigenvalue weighted by atomic mass is 10.0. The number of aryl methyl sites for hydroxylation is 1. The third kappa shape index (κ3) is 9.33. The van der Waals surface area contributed by atoms with Gasteiger partial charge in [-0.25, -0.2) is 13.2 Å². The molecule has 2 heterocycles. The van der Waals surface area contributed by atoms with Gasteiger partial charge in [0.25, 0.3) is 5.16 Å². The zero-order valence-corrected chi connectivity index (χ0v) is 23.9. The van der Waals surface area contributed by atoms with Gasteiger partial charge in [-0.3, -0.25) is 25.0 Å². The number of carboxylic acid groups (broad SMARTS) is 2. The molecule has 43 heavy (non-hydrogen) atoms. The molecule has 232 valence electrons. The van der Waals surface area contributed by atoms with Gasteiger partial charge in [0.05, 0.1) is 11.5 Å². The van der Waals surface area contributed by atoms with Crippen LogP contribution in [-0.4, -0.2) is 76.9 Å². The summed E-state index contributed by atoms with van der Waals surface area (Å²) >= 11 is 0. The number of benzene rings is 1. The SMILES string of the molecule is CCOC(=O)CCc1cc(Oc2nc(S(C)(=O)=O)nc(NC(CCC(=O)O)C(=O)O)c2[N+](=O)[O-])cc(C2NC=CCN2)c1. The molecule has 0 saturated carbocycles. The van der Waals surface area contributed by atoms with Gasteiger partial charge in [0.1, 0.15) is 18.0 Å². The van der Waals surface area contributed by atoms with Crippen LogP contribution in [0.4, 0.5) is 11.5 Å². The number of nitrogens with one attached hydrogen (secondary N) is 3. The smallest absolute Gasteiger partial charge is 0.373 e. The summed E-state index contributed by atoms with van der Waals surface area (Å²) < 4.78 is 35.5. The van der Waals surface area contributed by atoms with E-state index in [1.54, 1.807) is 19.2 Å². The minimum Gasteiger partial charge on any atom is -0.481 e. The van der Waals surface area contributed by atoms with Crippen LogP contribution >= 0.6 is 0 Å². The van der Waals surface area contributed by atoms with Gasteiger partial charge in [-0.1, -0.05) is 12.1 Å². The van der Waals surface area contributed by atoms with Crippen molar-refractivity contribution in [2.75, 3.05) is 24.7 Å². The van der Waals surface area contributed by atoms with Crippen LogP contribution in [0, 0.1) is 10.1 Å². The maximum absolute atomic E-state index is 12.4. The molecule has 0 fully saturated rings. The summed E-state index contributed by atoms with van der Waals surface area (Å²) in [4.78, 5) is 53.3. The van der Waals surface area contributed by atoms with Gasteiger partial charge in [0, 0.05) is 25.6 Å². The normalized spacial score (nSPS) is 15.2. The Kier molecular flexibility index (Phi) is 10.9. The molecule has 0 bridgehead atoms. The molecule has 2 unspecified atom stereocenters. The number of carboxylic acids is 2. The average molecular weight is 623 g/mol. The van der Waals surface area contributed by atoms with E-state index in [-0.39, 0.29) is 25.2 Å². The molecule has 1 aliphatic heterocycles. The van der Waals surface area contributed by atoms with E-state index in [2.05, 4.69) is 25.9 Å². The number of hydrogen-bond acceptors (Lipinski definition) is 14. The number of carbonyl (C=O) groups excluding carboxylic acids is 1. The van der Waals surface area contributed by atoms with Crippen LogP contribution in [-0.2, 0) is 35.4 Å². The Balaban J connectivity index is 2.11. The number of hydrogen-bond donors (Lipinski definition) is 5. The van der Waals surface area contributed by atoms with Crippen LogP contribution in [0.15, 0.2) is 35.6 Å². The maximum atomic E-state index is 12.4. The topological polar surface area (TPSA) is 249 Å². The Morgan fingerprint density at radius 2 is 1.95 bits per heavy atom. The van der Waals surface area contributed by atoms with Gasteiger partial charge in [0.15, 0.2) is 0 Å². The number of nitrogens with zero attached hydrogens (tertiary/aromatic N) is 3. The van der Waals surface area contributed by atoms with Crippen molar-refractivity contribution in [2.24, 2.45) is 0 Å². The Morgan fingerprint density at radius 1 is 1.21 bits per heavy atom. The molecular weight excluding hydrogens is 592 g/mol. The van der Waals surface area contributed by atoms with Crippen LogP contribution in [0.25, 0.3) is 0 Å². The number of aromatic nitrogens is 2. The number of ether oxygens (including phenoxy) is 2. The summed E-state index contributed by atoms with van der Waals surface area (Å²) in [5, 5.41) is 38.3. The molecule has 0 saturated heterocycles. The molecule has 2 aromatic rings. The van der Waals surface area contributed by atoms with Crippen LogP contribution in [0.5, 0.6) is 11.6 Å². The van der Waals surface area contributed by atoms with E-state index in [1.807, 2.05) is 6.08 Å². The average Bonchev–Trinajstić information content (AvgIpc) is 2.93. The van der Waals surface area contributed by atoms with Crippen molar-refractivity contribution in [2.45, 2.75) is 50.0 Å². The monoisotopic (exact) mass is 622 g/mol. The van der Waals surface area contributed by atoms with Gasteiger partial charge >= 0.3 is 29.5 Å². The number of esters is 1. The van der Waals surface area contributed by atoms with E-state index in [0.717, 1.165) is 6.26 Å². The highest BCUT2D eigenvalue weighted by Gasteiger charge is 2.33. The number of aliphatic carboxylic acids is 2. The Labute approximate surface area is 245 Å².